The molecule has 0 aliphatic rings. The number of hydrogen-bond acceptors (Lipinski definition) is 3. The lowest BCUT2D eigenvalue weighted by molar-refractivity contribution is 0.0695. The fourth-order valence-corrected chi connectivity index (χ4v) is 3.13. The molecule has 2 N–H and O–H groups in total. The van der Waals surface area contributed by atoms with Gasteiger partial charge < -0.3 is 10.4 Å². The average Bonchev–Trinajstić information content (AvgIpc) is 2.78. The molecule has 0 unspecified atom stereocenters. The Bertz CT molecular complexity index is 676. The van der Waals surface area contributed by atoms with Crippen LogP contribution in [0.1, 0.15) is 36.0 Å². The molecule has 1 aromatic carbocycles. The lowest BCUT2D eigenvalue weighted by atomic mass is 10.0. The molecule has 1 aromatic heterocycles. The van der Waals surface area contributed by atoms with Gasteiger partial charge in [-0.25, -0.2) is 4.79 Å². The van der Waals surface area contributed by atoms with E-state index in [1.165, 1.54) is 0 Å². The molecule has 2 rings (SSSR count). The van der Waals surface area contributed by atoms with Crippen LogP contribution in [0.15, 0.2) is 30.3 Å². The summed E-state index contributed by atoms with van der Waals surface area (Å²) in [5, 5.41) is 11.9. The Kier molecular flexibility index (Phi) is 4.75. The van der Waals surface area contributed by atoms with Crippen LogP contribution in [-0.4, -0.2) is 23.5 Å². The molecule has 0 radical (unpaired) electrons. The molecule has 110 valence electrons. The van der Waals surface area contributed by atoms with Gasteiger partial charge in [-0.3, -0.25) is 4.79 Å². The van der Waals surface area contributed by atoms with Crippen molar-refractivity contribution >= 4 is 23.2 Å². The van der Waals surface area contributed by atoms with Gasteiger partial charge in [0, 0.05) is 16.3 Å². The second-order valence-corrected chi connectivity index (χ2v) is 6.26. The highest BCUT2D eigenvalue weighted by atomic mass is 32.1. The summed E-state index contributed by atoms with van der Waals surface area (Å²) in [7, 11) is 0. The molecule has 0 atom stereocenters. The maximum Gasteiger partial charge on any atom is 0.335 e. The van der Waals surface area contributed by atoms with Crippen molar-refractivity contribution in [2.45, 2.75) is 20.3 Å². The van der Waals surface area contributed by atoms with E-state index >= 15 is 0 Å². The summed E-state index contributed by atoms with van der Waals surface area (Å²) in [6.07, 6.45) is 0.496. The molecular weight excluding hydrogens is 286 g/mol. The quantitative estimate of drug-likeness (QED) is 0.892. The molecule has 1 amide bonds. The van der Waals surface area contributed by atoms with Crippen molar-refractivity contribution in [3.05, 3.63) is 56.8 Å². The molecule has 0 aliphatic heterocycles. The summed E-state index contributed by atoms with van der Waals surface area (Å²) in [6.45, 7) is 4.31. The van der Waals surface area contributed by atoms with Crippen LogP contribution in [0.4, 0.5) is 0 Å². The maximum atomic E-state index is 12.1. The zero-order chi connectivity index (χ0) is 15.4. The van der Waals surface area contributed by atoms with Crippen LogP contribution < -0.4 is 5.32 Å². The first-order valence-electron chi connectivity index (χ1n) is 6.65. The number of rotatable bonds is 5. The van der Waals surface area contributed by atoms with Gasteiger partial charge in [-0.2, -0.15) is 0 Å². The van der Waals surface area contributed by atoms with Crippen LogP contribution in [0.3, 0.4) is 0 Å². The van der Waals surface area contributed by atoms with Gasteiger partial charge in [0.05, 0.1) is 11.1 Å². The largest absolute Gasteiger partial charge is 0.478 e. The summed E-state index contributed by atoms with van der Waals surface area (Å²) in [4.78, 5) is 25.3. The van der Waals surface area contributed by atoms with Crippen molar-refractivity contribution in [2.75, 3.05) is 6.54 Å². The number of aryl methyl sites for hydroxylation is 2. The van der Waals surface area contributed by atoms with Gasteiger partial charge in [-0.15, -0.1) is 11.3 Å². The number of carboxylic acids is 1. The summed E-state index contributed by atoms with van der Waals surface area (Å²) >= 11 is 1.60. The second-order valence-electron chi connectivity index (χ2n) is 4.80. The number of carbonyl (C=O) groups is 2. The van der Waals surface area contributed by atoms with Crippen LogP contribution in [0.5, 0.6) is 0 Å². The minimum atomic E-state index is -0.943. The van der Waals surface area contributed by atoms with E-state index in [1.807, 2.05) is 19.9 Å². The van der Waals surface area contributed by atoms with Crippen LogP contribution >= 0.6 is 11.3 Å². The second kappa shape index (κ2) is 6.54. The summed E-state index contributed by atoms with van der Waals surface area (Å²) in [5.74, 6) is -1.05. The SMILES string of the molecule is Cc1cc(C(=O)NCCc2ccccc2C(=O)O)c(C)s1. The summed E-state index contributed by atoms with van der Waals surface area (Å²) in [6, 6.07) is 8.72. The van der Waals surface area contributed by atoms with E-state index in [4.69, 9.17) is 5.11 Å². The Morgan fingerprint density at radius 3 is 2.52 bits per heavy atom. The van der Waals surface area contributed by atoms with Gasteiger partial charge in [0.1, 0.15) is 0 Å². The molecule has 1 heterocycles. The summed E-state index contributed by atoms with van der Waals surface area (Å²) in [5.41, 5.74) is 1.71. The fraction of sp³-hybridized carbons (Fsp3) is 0.250. The van der Waals surface area contributed by atoms with Crippen molar-refractivity contribution in [3.8, 4) is 0 Å². The molecule has 0 saturated heterocycles. The normalized spacial score (nSPS) is 10.4. The Balaban J connectivity index is 1.97. The topological polar surface area (TPSA) is 66.4 Å². The number of benzene rings is 1. The van der Waals surface area contributed by atoms with E-state index in [1.54, 1.807) is 35.6 Å². The van der Waals surface area contributed by atoms with Crippen LogP contribution in [0.2, 0.25) is 0 Å². The Hall–Kier alpha value is -2.14. The first kappa shape index (κ1) is 15.3. The van der Waals surface area contributed by atoms with E-state index in [2.05, 4.69) is 5.32 Å². The lowest BCUT2D eigenvalue weighted by Crippen LogP contribution is -2.26. The fourth-order valence-electron chi connectivity index (χ4n) is 2.21. The number of thiophene rings is 1. The molecule has 4 nitrogen and oxygen atoms in total. The van der Waals surface area contributed by atoms with Gasteiger partial charge in [-0.05, 0) is 38.0 Å². The number of nitrogens with one attached hydrogen (secondary N) is 1. The predicted molar refractivity (Wildman–Crippen MR) is 83.2 cm³/mol. The van der Waals surface area contributed by atoms with Crippen LogP contribution in [0, 0.1) is 13.8 Å². The van der Waals surface area contributed by atoms with E-state index in [9.17, 15) is 9.59 Å². The average molecular weight is 303 g/mol. The minimum Gasteiger partial charge on any atom is -0.478 e. The first-order valence-corrected chi connectivity index (χ1v) is 7.47. The van der Waals surface area contributed by atoms with Gasteiger partial charge in [-0.1, -0.05) is 18.2 Å². The predicted octanol–water partition coefficient (Wildman–Crippen LogP) is 3.04. The van der Waals surface area contributed by atoms with E-state index in [-0.39, 0.29) is 11.5 Å². The van der Waals surface area contributed by atoms with E-state index < -0.39 is 5.97 Å². The van der Waals surface area contributed by atoms with E-state index in [0.29, 0.717) is 18.5 Å². The van der Waals surface area contributed by atoms with E-state index in [0.717, 1.165) is 15.3 Å². The molecule has 0 fully saturated rings. The van der Waals surface area contributed by atoms with Crippen LogP contribution in [-0.2, 0) is 6.42 Å². The third-order valence-electron chi connectivity index (χ3n) is 3.21. The Morgan fingerprint density at radius 2 is 1.90 bits per heavy atom. The van der Waals surface area contributed by atoms with Gasteiger partial charge in [0.2, 0.25) is 0 Å². The Morgan fingerprint density at radius 1 is 1.19 bits per heavy atom. The molecule has 2 aromatic rings. The molecule has 21 heavy (non-hydrogen) atoms. The van der Waals surface area contributed by atoms with Crippen molar-refractivity contribution in [1.82, 2.24) is 5.32 Å². The third-order valence-corrected chi connectivity index (χ3v) is 4.18. The standard InChI is InChI=1S/C16H17NO3S/c1-10-9-14(11(2)21-10)15(18)17-8-7-12-5-3-4-6-13(12)16(19)20/h3-6,9H,7-8H2,1-2H3,(H,17,18)(H,19,20). The van der Waals surface area contributed by atoms with Crippen molar-refractivity contribution in [3.63, 3.8) is 0 Å². The maximum absolute atomic E-state index is 12.1. The lowest BCUT2D eigenvalue weighted by Gasteiger charge is -2.07. The highest BCUT2D eigenvalue weighted by Gasteiger charge is 2.12. The zero-order valence-corrected chi connectivity index (χ0v) is 12.8. The summed E-state index contributed by atoms with van der Waals surface area (Å²) < 4.78 is 0. The van der Waals surface area contributed by atoms with Crippen LogP contribution in [0.25, 0.3) is 0 Å². The van der Waals surface area contributed by atoms with Crippen molar-refractivity contribution in [2.24, 2.45) is 0 Å². The number of aromatic carboxylic acids is 1. The molecule has 0 saturated carbocycles. The smallest absolute Gasteiger partial charge is 0.335 e. The molecule has 5 heteroatoms. The third kappa shape index (κ3) is 3.70. The Labute approximate surface area is 127 Å². The highest BCUT2D eigenvalue weighted by Crippen LogP contribution is 2.20. The number of carbonyl (C=O) groups excluding carboxylic acids is 1. The molecular formula is C16H17NO3S. The zero-order valence-electron chi connectivity index (χ0n) is 12.0. The highest BCUT2D eigenvalue weighted by molar-refractivity contribution is 7.12. The monoisotopic (exact) mass is 303 g/mol. The van der Waals surface area contributed by atoms with Gasteiger partial charge in [0.25, 0.3) is 5.91 Å². The van der Waals surface area contributed by atoms with Gasteiger partial charge >= 0.3 is 5.97 Å². The minimum absolute atomic E-state index is 0.107. The number of hydrogen-bond donors (Lipinski definition) is 2. The first-order chi connectivity index (χ1) is 9.99. The van der Waals surface area contributed by atoms with Crippen molar-refractivity contribution in [1.29, 1.82) is 0 Å². The number of amides is 1. The molecule has 0 bridgehead atoms. The van der Waals surface area contributed by atoms with Crippen molar-refractivity contribution < 1.29 is 14.7 Å². The molecule has 0 spiro atoms. The molecule has 0 aliphatic carbocycles. The van der Waals surface area contributed by atoms with Gasteiger partial charge in [0.15, 0.2) is 0 Å². The number of carboxylic acid groups (broad SMARTS) is 1.